The number of ether oxygens (including phenoxy) is 4. The summed E-state index contributed by atoms with van der Waals surface area (Å²) in [5.41, 5.74) is 5.84. The van der Waals surface area contributed by atoms with Crippen molar-refractivity contribution >= 4 is 94.4 Å². The largest absolute Gasteiger partial charge is 0.508 e. The van der Waals surface area contributed by atoms with Crippen LogP contribution in [-0.2, 0) is 106 Å². The molecule has 112 heavy (non-hydrogen) atoms. The topological polar surface area (TPSA) is 351 Å². The van der Waals surface area contributed by atoms with E-state index in [0.29, 0.717) is 73.3 Å². The Kier molecular flexibility index (Phi) is 36.4. The molecule has 3 aliphatic heterocycles. The molecule has 12 atom stereocenters. The summed E-state index contributed by atoms with van der Waals surface area (Å²) in [6, 6.07) is 7.15. The second-order valence-corrected chi connectivity index (χ2v) is 33.3. The van der Waals surface area contributed by atoms with Crippen LogP contribution in [0.15, 0.2) is 42.5 Å². The third kappa shape index (κ3) is 26.8. The molecular formula is C82H120F2N8O19S. The molecule has 1 unspecified atom stereocenters. The number of Topliss-reactive ketones (excluding diaryl/α,β-unsaturated/α-hetero) is 3. The van der Waals surface area contributed by atoms with Crippen LogP contribution >= 0.6 is 11.8 Å². The summed E-state index contributed by atoms with van der Waals surface area (Å²) < 4.78 is 52.9. The molecule has 2 aromatic carbocycles. The van der Waals surface area contributed by atoms with Gasteiger partial charge < -0.3 is 50.0 Å². The Bertz CT molecular complexity index is 3590. The van der Waals surface area contributed by atoms with Gasteiger partial charge in [0.15, 0.2) is 11.6 Å². The minimum absolute atomic E-state index is 0.00541. The van der Waals surface area contributed by atoms with Crippen molar-refractivity contribution in [2.45, 2.75) is 251 Å². The third-order valence-electron chi connectivity index (χ3n) is 22.3. The van der Waals surface area contributed by atoms with Crippen LogP contribution in [0.4, 0.5) is 13.6 Å². The second kappa shape index (κ2) is 44.0. The van der Waals surface area contributed by atoms with Crippen molar-refractivity contribution in [3.63, 3.8) is 0 Å². The van der Waals surface area contributed by atoms with Gasteiger partial charge in [0.05, 0.1) is 66.9 Å². The van der Waals surface area contributed by atoms with Crippen molar-refractivity contribution in [3.05, 3.63) is 70.8 Å². The summed E-state index contributed by atoms with van der Waals surface area (Å²) in [6.07, 6.45) is -0.186. The van der Waals surface area contributed by atoms with Gasteiger partial charge in [-0.2, -0.15) is 0 Å². The van der Waals surface area contributed by atoms with Gasteiger partial charge in [0.25, 0.3) is 11.8 Å². The van der Waals surface area contributed by atoms with Gasteiger partial charge in [0.2, 0.25) is 41.4 Å². The number of rotatable bonds is 49. The van der Waals surface area contributed by atoms with Crippen molar-refractivity contribution in [1.29, 1.82) is 0 Å². The highest BCUT2D eigenvalue weighted by Crippen LogP contribution is 2.52. The van der Waals surface area contributed by atoms with Gasteiger partial charge >= 0.3 is 12.1 Å². The highest BCUT2D eigenvalue weighted by atomic mass is 32.2. The minimum Gasteiger partial charge on any atom is -0.429 e. The van der Waals surface area contributed by atoms with Crippen LogP contribution in [0.5, 0.6) is 0 Å². The first-order chi connectivity index (χ1) is 52.9. The van der Waals surface area contributed by atoms with Crippen LogP contribution in [0.1, 0.15) is 201 Å². The fraction of sp³-hybridized carbons (Fsp3) is 0.683. The Hall–Kier alpha value is -8.09. The zero-order valence-corrected chi connectivity index (χ0v) is 68.6. The normalized spacial score (nSPS) is 19.3. The van der Waals surface area contributed by atoms with Crippen molar-refractivity contribution < 1.29 is 99.7 Å². The number of halogens is 2. The Morgan fingerprint density at radius 1 is 0.732 bits per heavy atom. The number of likely N-dealkylation sites (tertiary alicyclic amines) is 2. The Balaban J connectivity index is 1.05. The van der Waals surface area contributed by atoms with Gasteiger partial charge in [-0.05, 0) is 111 Å². The average Bonchev–Trinajstić information content (AvgIpc) is 1.69. The number of thioether (sulfide) groups is 1. The standard InChI is InChI=1S/C82H120F2N8O19S/c1-15-51(8)75(89(12)79(104)59(49(4)5)41-65(95)74(50(6)7)88(10)11)66(107-13)42-71(99)91-45-56(40-63(91)76(108-14)52(9)77(102)86-36-33-57-60(83)23-21-24-61(57)84)110-81(106)109-46-54-29-27-53(28-30-54)38-64(94)62(25-18-19-26-68(85)96)87-78(103)58(48(2)3)39-55(93)22-17-16-20-37-90-72(100)43-67(80(90)105)112-47-82(34-35-82)44-73(101)111-92-69(97)31-32-70(92)98/h21,23-24,27-30,48-52,56,58-59,62-63,66-67,74-76H,15-20,22,25-26,31-47H2,1-14H3,(H2,85,96)(H,86,102)(H,87,103)/t51-,52+,56-,58-,59-,62-,63-,66+,67?,74-,75-,76+/m0/s1. The Morgan fingerprint density at radius 3 is 1.95 bits per heavy atom. The number of likely N-dealkylation sites (N-methyl/N-ethyl adjacent to an activating group) is 2. The SMILES string of the molecule is CC[C@H](C)[C@@H]([C@@H](CC(=O)N1C[C@@H](OC(=O)OCc2ccc(CC(=O)[C@H](CCCCC(N)=O)NC(=O)[C@@H](CC(=O)CCCCCN3C(=O)CC(SCC4(CC(=O)ON5C(=O)CCC5=O)CC4)C3=O)C(C)C)cc2)C[C@H]1[C@H](OC)[C@@H](C)C(=O)NCCc1c(F)cccc1F)OC)N(C)C(=O)[C@@H](CC(=O)[C@H](C(C)C)N(C)C)C(C)C. The van der Waals surface area contributed by atoms with Crippen LogP contribution in [0.3, 0.4) is 0 Å². The first-order valence-electron chi connectivity index (χ1n) is 39.5. The fourth-order valence-corrected chi connectivity index (χ4v) is 16.9. The van der Waals surface area contributed by atoms with Crippen LogP contribution < -0.4 is 16.4 Å². The summed E-state index contributed by atoms with van der Waals surface area (Å²) in [7, 11) is 8.16. The summed E-state index contributed by atoms with van der Waals surface area (Å²) in [4.78, 5) is 199. The van der Waals surface area contributed by atoms with E-state index in [0.717, 1.165) is 12.1 Å². The van der Waals surface area contributed by atoms with Crippen LogP contribution in [0.2, 0.25) is 0 Å². The lowest BCUT2D eigenvalue weighted by molar-refractivity contribution is -0.198. The highest BCUT2D eigenvalue weighted by Gasteiger charge is 2.50. The number of ketones is 3. The van der Waals surface area contributed by atoms with Crippen molar-refractivity contribution in [2.75, 3.05) is 60.7 Å². The van der Waals surface area contributed by atoms with Crippen molar-refractivity contribution in [3.8, 4) is 0 Å². The third-order valence-corrected chi connectivity index (χ3v) is 23.9. The maximum Gasteiger partial charge on any atom is 0.508 e. The molecule has 4 aliphatic rings. The van der Waals surface area contributed by atoms with Gasteiger partial charge in [0, 0.05) is 115 Å². The number of unbranched alkanes of at least 4 members (excludes halogenated alkanes) is 3. The molecule has 1 aliphatic carbocycles. The quantitative estimate of drug-likeness (QED) is 0.0316. The summed E-state index contributed by atoms with van der Waals surface area (Å²) in [5.74, 6) is -9.61. The number of amides is 9. The van der Waals surface area contributed by atoms with E-state index in [2.05, 4.69) is 10.6 Å². The molecule has 0 radical (unpaired) electrons. The number of benzene rings is 2. The number of primary amides is 1. The molecule has 27 nitrogen and oxygen atoms in total. The molecule has 4 fully saturated rings. The lowest BCUT2D eigenvalue weighted by Crippen LogP contribution is -2.54. The number of imide groups is 2. The van der Waals surface area contributed by atoms with E-state index in [4.69, 9.17) is 29.5 Å². The molecule has 0 spiro atoms. The predicted octanol–water partition coefficient (Wildman–Crippen LogP) is 8.77. The number of nitrogens with two attached hydrogens (primary N) is 1. The number of hydroxylamine groups is 2. The number of carbonyl (C=O) groups excluding carboxylic acids is 14. The molecule has 30 heteroatoms. The van der Waals surface area contributed by atoms with Crippen molar-refractivity contribution in [2.24, 2.45) is 52.6 Å². The zero-order chi connectivity index (χ0) is 83.0. The van der Waals surface area contributed by atoms with E-state index < -0.39 is 130 Å². The molecule has 9 amide bonds. The number of nitrogens with one attached hydrogen (secondary N) is 2. The maximum atomic E-state index is 15.1. The molecule has 0 aromatic heterocycles. The van der Waals surface area contributed by atoms with E-state index >= 15 is 4.79 Å². The average molecular weight is 1590 g/mol. The van der Waals surface area contributed by atoms with E-state index in [1.165, 1.54) is 41.8 Å². The molecule has 3 saturated heterocycles. The van der Waals surface area contributed by atoms with E-state index in [1.807, 2.05) is 60.5 Å². The number of hydrogen-bond donors (Lipinski definition) is 3. The molecule has 6 rings (SSSR count). The molecule has 4 N–H and O–H groups in total. The molecule has 2 aromatic rings. The van der Waals surface area contributed by atoms with E-state index in [9.17, 15) is 71.1 Å². The van der Waals surface area contributed by atoms with Gasteiger partial charge in [-0.15, -0.1) is 16.8 Å². The number of hydrogen-bond acceptors (Lipinski definition) is 21. The molecule has 0 bridgehead atoms. The van der Waals surface area contributed by atoms with Crippen LogP contribution in [-0.4, -0.2) is 216 Å². The Morgan fingerprint density at radius 2 is 1.37 bits per heavy atom. The van der Waals surface area contributed by atoms with Gasteiger partial charge in [-0.1, -0.05) is 112 Å². The first-order valence-corrected chi connectivity index (χ1v) is 40.6. The summed E-state index contributed by atoms with van der Waals surface area (Å²) in [5, 5.41) is 5.54. The van der Waals surface area contributed by atoms with Gasteiger partial charge in [0.1, 0.15) is 30.1 Å². The zero-order valence-electron chi connectivity index (χ0n) is 67.8. The highest BCUT2D eigenvalue weighted by molar-refractivity contribution is 8.00. The lowest BCUT2D eigenvalue weighted by Gasteiger charge is -2.41. The minimum atomic E-state index is -1.08. The molecular weight excluding hydrogens is 1470 g/mol. The van der Waals surface area contributed by atoms with E-state index in [-0.39, 0.29) is 174 Å². The smallest absolute Gasteiger partial charge is 0.429 e. The first kappa shape index (κ1) is 92.8. The number of carbonyl (C=O) groups is 14. The summed E-state index contributed by atoms with van der Waals surface area (Å²) in [6.45, 7) is 16.4. The van der Waals surface area contributed by atoms with Crippen LogP contribution in [0, 0.1) is 58.5 Å². The number of nitrogens with zero attached hydrogens (tertiary/aromatic N) is 5. The van der Waals surface area contributed by atoms with Gasteiger partial charge in [-0.25, -0.2) is 18.4 Å². The van der Waals surface area contributed by atoms with Crippen molar-refractivity contribution in [1.82, 2.24) is 35.3 Å². The summed E-state index contributed by atoms with van der Waals surface area (Å²) >= 11 is 1.31. The lowest BCUT2D eigenvalue weighted by atomic mass is 9.83. The van der Waals surface area contributed by atoms with Crippen LogP contribution in [0.25, 0.3) is 0 Å². The van der Waals surface area contributed by atoms with Gasteiger partial charge in [-0.3, -0.25) is 67.3 Å². The molecule has 1 saturated carbocycles. The molecule has 3 heterocycles. The second-order valence-electron chi connectivity index (χ2n) is 32.1. The molecule has 622 valence electrons. The van der Waals surface area contributed by atoms with E-state index in [1.54, 1.807) is 57.0 Å². The number of methoxy groups -OCH3 is 2. The monoisotopic (exact) mass is 1590 g/mol. The Labute approximate surface area is 661 Å². The fourth-order valence-electron chi connectivity index (χ4n) is 15.4. The predicted molar refractivity (Wildman–Crippen MR) is 412 cm³/mol. The maximum absolute atomic E-state index is 15.1.